The van der Waals surface area contributed by atoms with Crippen LogP contribution < -0.4 is 16.6 Å². The molecular weight excluding hydrogens is 307 g/mol. The zero-order valence-corrected chi connectivity index (χ0v) is 16.9. The van der Waals surface area contributed by atoms with Crippen LogP contribution in [0.4, 0.5) is 0 Å². The molecule has 23 heavy (non-hydrogen) atoms. The molecule has 0 radical (unpaired) electrons. The Morgan fingerprint density at radius 2 is 1.30 bits per heavy atom. The monoisotopic (exact) mass is 348 g/mol. The van der Waals surface area contributed by atoms with Crippen LogP contribution in [0.25, 0.3) is 0 Å². The van der Waals surface area contributed by atoms with Crippen LogP contribution in [0.3, 0.4) is 0 Å². The van der Waals surface area contributed by atoms with Crippen LogP contribution in [0.1, 0.15) is 72.6 Å². The lowest BCUT2D eigenvalue weighted by Crippen LogP contribution is -2.41. The number of carboxylic acids is 1. The predicted octanol–water partition coefficient (Wildman–Crippen LogP) is 2.84. The van der Waals surface area contributed by atoms with Gasteiger partial charge in [0, 0.05) is 13.3 Å². The summed E-state index contributed by atoms with van der Waals surface area (Å²) in [4.78, 5) is 10.0. The lowest BCUT2D eigenvalue weighted by atomic mass is 10.1. The molecule has 0 bridgehead atoms. The van der Waals surface area contributed by atoms with Crippen LogP contribution in [0.15, 0.2) is 0 Å². The van der Waals surface area contributed by atoms with Gasteiger partial charge < -0.3 is 21.4 Å². The van der Waals surface area contributed by atoms with Crippen molar-refractivity contribution in [2.75, 3.05) is 31.2 Å². The average Bonchev–Trinajstić information content (AvgIpc) is 2.49. The number of carboxylic acid groups (broad SMARTS) is 1. The van der Waals surface area contributed by atoms with E-state index in [1.54, 1.807) is 24.6 Å². The first-order chi connectivity index (χ1) is 10.9. The smallest absolute Gasteiger partial charge is 0.0591 e. The van der Waals surface area contributed by atoms with Gasteiger partial charge in [0.2, 0.25) is 0 Å². The molecule has 0 aliphatic rings. The molecule has 4 nitrogen and oxygen atoms in total. The second kappa shape index (κ2) is 16.7. The Balaban J connectivity index is 0. The maximum atomic E-state index is 10.0. The minimum atomic E-state index is -1.18. The van der Waals surface area contributed by atoms with E-state index in [1.165, 1.54) is 25.7 Å². The summed E-state index contributed by atoms with van der Waals surface area (Å²) in [5, 5.41) is 10.0. The molecule has 1 atom stereocenters. The molecule has 0 aromatic carbocycles. The van der Waals surface area contributed by atoms with E-state index in [1.807, 2.05) is 0 Å². The second-order valence-electron chi connectivity index (χ2n) is 6.45. The van der Waals surface area contributed by atoms with Gasteiger partial charge in [0.15, 0.2) is 0 Å². The number of unbranched alkanes of at least 4 members (excludes halogenated alkanes) is 1. The van der Waals surface area contributed by atoms with Gasteiger partial charge in [0.1, 0.15) is 0 Å². The van der Waals surface area contributed by atoms with Gasteiger partial charge in [0.25, 0.3) is 0 Å². The number of aliphatic carboxylic acids is 1. The molecule has 0 heterocycles. The minimum absolute atomic E-state index is 0.458. The second-order valence-corrected chi connectivity index (χ2v) is 10.9. The predicted molar refractivity (Wildman–Crippen MR) is 103 cm³/mol. The van der Waals surface area contributed by atoms with E-state index in [-0.39, 0.29) is 0 Å². The van der Waals surface area contributed by atoms with E-state index in [2.05, 4.69) is 27.7 Å². The largest absolute Gasteiger partial charge is 0.548 e. The Labute approximate surface area is 145 Å². The molecule has 0 unspecified atom stereocenters. The van der Waals surface area contributed by atoms with Crippen LogP contribution in [0.2, 0.25) is 0 Å². The molecule has 0 aliphatic carbocycles. The van der Waals surface area contributed by atoms with Crippen molar-refractivity contribution in [2.24, 2.45) is 11.5 Å². The fourth-order valence-electron chi connectivity index (χ4n) is 3.19. The Morgan fingerprint density at radius 1 is 0.913 bits per heavy atom. The van der Waals surface area contributed by atoms with Crippen LogP contribution in [-0.2, 0) is 4.79 Å². The molecule has 0 fully saturated rings. The third-order valence-electron chi connectivity index (χ3n) is 4.06. The van der Waals surface area contributed by atoms with Crippen molar-refractivity contribution in [2.45, 2.75) is 78.7 Å². The van der Waals surface area contributed by atoms with Crippen molar-refractivity contribution in [1.82, 2.24) is 0 Å². The van der Waals surface area contributed by atoms with Gasteiger partial charge in [-0.3, -0.25) is 0 Å². The van der Waals surface area contributed by atoms with Gasteiger partial charge in [-0.2, -0.15) is 0 Å². The summed E-state index contributed by atoms with van der Waals surface area (Å²) in [6.07, 6.45) is 13.9. The van der Waals surface area contributed by atoms with Crippen molar-refractivity contribution in [3.63, 3.8) is 0 Å². The minimum Gasteiger partial charge on any atom is -0.548 e. The first-order valence-corrected chi connectivity index (χ1v) is 12.0. The number of rotatable bonds is 13. The highest BCUT2D eigenvalue weighted by Gasteiger charge is 2.32. The maximum Gasteiger partial charge on any atom is 0.0591 e. The van der Waals surface area contributed by atoms with Crippen LogP contribution in [-0.4, -0.2) is 43.2 Å². The maximum absolute atomic E-state index is 10.0. The summed E-state index contributed by atoms with van der Waals surface area (Å²) in [6, 6.07) is -0.827. The Morgan fingerprint density at radius 3 is 1.57 bits per heavy atom. The van der Waals surface area contributed by atoms with Gasteiger partial charge in [-0.05, 0) is 45.1 Å². The summed E-state index contributed by atoms with van der Waals surface area (Å²) in [6.45, 7) is 10.0. The van der Waals surface area contributed by atoms with E-state index in [0.717, 1.165) is 12.8 Å². The van der Waals surface area contributed by atoms with Crippen LogP contribution in [0, 0.1) is 0 Å². The van der Waals surface area contributed by atoms with E-state index >= 15 is 0 Å². The summed E-state index contributed by atoms with van der Waals surface area (Å²) in [5.41, 5.74) is 10.3. The molecule has 5 heteroatoms. The molecule has 140 valence electrons. The summed E-state index contributed by atoms with van der Waals surface area (Å²) in [7, 11) is -0.496. The topological polar surface area (TPSA) is 92.2 Å². The van der Waals surface area contributed by atoms with Gasteiger partial charge in [-0.15, -0.1) is 0 Å². The zero-order chi connectivity index (χ0) is 18.1. The summed E-state index contributed by atoms with van der Waals surface area (Å²) in [5.74, 6) is -1.18. The van der Waals surface area contributed by atoms with Crippen molar-refractivity contribution >= 4 is 13.2 Å². The van der Waals surface area contributed by atoms with Crippen LogP contribution >= 0.6 is 7.26 Å². The molecule has 0 saturated heterocycles. The van der Waals surface area contributed by atoms with Gasteiger partial charge in [0.05, 0.1) is 30.6 Å². The van der Waals surface area contributed by atoms with Gasteiger partial charge in [-0.1, -0.05) is 34.1 Å². The van der Waals surface area contributed by atoms with E-state index in [0.29, 0.717) is 13.0 Å². The third kappa shape index (κ3) is 13.9. The Kier molecular flexibility index (Phi) is 18.2. The molecule has 0 spiro atoms. The highest BCUT2D eigenvalue weighted by atomic mass is 31.2. The molecular formula is C18H41N2O2P. The number of carbonyl (C=O) groups is 1. The van der Waals surface area contributed by atoms with E-state index < -0.39 is 19.3 Å². The average molecular weight is 349 g/mol. The first kappa shape index (κ1) is 25.1. The molecule has 0 aliphatic heterocycles. The standard InChI is InChI=1S/C12H28P.C6H14N2O2/c1-5-9-13(10-6-2,11-7-3)12-8-4;7-4-2-1-3-5(8)6(9)10/h5-12H2,1-4H3;5H,1-4,7-8H2,(H,9,10)/q+1;/p-1/t;5-/m.0/s1. The molecule has 0 aromatic rings. The molecule has 4 N–H and O–H groups in total. The lowest BCUT2D eigenvalue weighted by Gasteiger charge is -2.26. The SMILES string of the molecule is CCC[P+](CCC)(CCC)CCC.NCCCC[C@H](N)C(=O)[O-]. The Hall–Kier alpha value is -0.180. The van der Waals surface area contributed by atoms with Crippen molar-refractivity contribution < 1.29 is 9.90 Å². The van der Waals surface area contributed by atoms with E-state index in [4.69, 9.17) is 11.5 Å². The number of nitrogens with two attached hydrogens (primary N) is 2. The van der Waals surface area contributed by atoms with Crippen LogP contribution in [0.5, 0.6) is 0 Å². The normalized spacial score (nSPS) is 12.4. The van der Waals surface area contributed by atoms with Crippen molar-refractivity contribution in [1.29, 1.82) is 0 Å². The fraction of sp³-hybridized carbons (Fsp3) is 0.944. The summed E-state index contributed by atoms with van der Waals surface area (Å²) < 4.78 is 0. The van der Waals surface area contributed by atoms with Gasteiger partial charge in [-0.25, -0.2) is 0 Å². The number of hydrogen-bond donors (Lipinski definition) is 2. The molecule has 0 saturated carbocycles. The first-order valence-electron chi connectivity index (χ1n) is 9.44. The Bertz CT molecular complexity index is 246. The molecule has 0 amide bonds. The number of carbonyl (C=O) groups excluding carboxylic acids is 1. The van der Waals surface area contributed by atoms with Gasteiger partial charge >= 0.3 is 0 Å². The highest BCUT2D eigenvalue weighted by molar-refractivity contribution is 7.75. The quantitative estimate of drug-likeness (QED) is 0.395. The summed E-state index contributed by atoms with van der Waals surface area (Å²) >= 11 is 0. The fourth-order valence-corrected chi connectivity index (χ4v) is 8.33. The third-order valence-corrected chi connectivity index (χ3v) is 9.65. The zero-order valence-electron chi connectivity index (χ0n) is 16.0. The highest BCUT2D eigenvalue weighted by Crippen LogP contribution is 2.60. The number of hydrogen-bond acceptors (Lipinski definition) is 4. The molecule has 0 rings (SSSR count). The van der Waals surface area contributed by atoms with E-state index in [9.17, 15) is 9.90 Å². The van der Waals surface area contributed by atoms with Crippen molar-refractivity contribution in [3.05, 3.63) is 0 Å². The molecule has 0 aromatic heterocycles. The van der Waals surface area contributed by atoms with Crippen molar-refractivity contribution in [3.8, 4) is 0 Å². The lowest BCUT2D eigenvalue weighted by molar-refractivity contribution is -0.307.